The van der Waals surface area contributed by atoms with Crippen LogP contribution in [0.4, 0.5) is 0 Å². The molecule has 1 aliphatic rings. The van der Waals surface area contributed by atoms with Crippen molar-refractivity contribution in [1.29, 1.82) is 0 Å². The molecule has 196 valence electrons. The van der Waals surface area contributed by atoms with Crippen molar-refractivity contribution in [3.63, 3.8) is 0 Å². The largest absolute Gasteiger partial charge is 0.359 e. The summed E-state index contributed by atoms with van der Waals surface area (Å²) in [5.41, 5.74) is 0. The number of unbranched alkanes of at least 4 members (excludes halogenated alkanes) is 21. The molecule has 2 nitrogen and oxygen atoms in total. The topological polar surface area (TPSA) is 6.48 Å². The fourth-order valence-corrected chi connectivity index (χ4v) is 5.34. The van der Waals surface area contributed by atoms with Crippen molar-refractivity contribution in [2.45, 2.75) is 174 Å². The third-order valence-corrected chi connectivity index (χ3v) is 7.68. The number of hydrogen-bond acceptors (Lipinski definition) is 2. The maximum absolute atomic E-state index is 2.62. The van der Waals surface area contributed by atoms with Gasteiger partial charge in [0.2, 0.25) is 0 Å². The van der Waals surface area contributed by atoms with Gasteiger partial charge in [-0.15, -0.1) is 0 Å². The fourth-order valence-electron chi connectivity index (χ4n) is 5.34. The highest BCUT2D eigenvalue weighted by atomic mass is 15.4. The van der Waals surface area contributed by atoms with Gasteiger partial charge in [0.05, 0.1) is 0 Å². The standard InChI is InChI=1S/C31H62N2/c1-4-6-8-10-12-14-16-17-18-19-21-23-25-27-31-32(3)29-30-33(31)28-26-24-22-20-15-13-11-9-7-5-2/h29-31H,4-28H2,1-3H3. The summed E-state index contributed by atoms with van der Waals surface area (Å²) in [6, 6.07) is 0. The van der Waals surface area contributed by atoms with Crippen LogP contribution in [0.1, 0.15) is 168 Å². The van der Waals surface area contributed by atoms with Gasteiger partial charge in [0.15, 0.2) is 0 Å². The van der Waals surface area contributed by atoms with Crippen LogP contribution in [0.25, 0.3) is 0 Å². The van der Waals surface area contributed by atoms with E-state index in [2.05, 4.69) is 43.1 Å². The van der Waals surface area contributed by atoms with Crippen LogP contribution in [-0.4, -0.2) is 29.6 Å². The van der Waals surface area contributed by atoms with Gasteiger partial charge in [-0.25, -0.2) is 0 Å². The first-order valence-corrected chi connectivity index (χ1v) is 15.5. The van der Waals surface area contributed by atoms with Gasteiger partial charge in [-0.05, 0) is 19.3 Å². The van der Waals surface area contributed by atoms with Gasteiger partial charge in [-0.2, -0.15) is 0 Å². The van der Waals surface area contributed by atoms with E-state index in [1.54, 1.807) is 0 Å². The number of hydrogen-bond donors (Lipinski definition) is 0. The van der Waals surface area contributed by atoms with Gasteiger partial charge >= 0.3 is 0 Å². The third-order valence-electron chi connectivity index (χ3n) is 7.68. The zero-order valence-corrected chi connectivity index (χ0v) is 23.3. The molecular weight excluding hydrogens is 400 g/mol. The molecule has 0 saturated heterocycles. The molecule has 0 spiro atoms. The number of nitrogens with zero attached hydrogens (tertiary/aromatic N) is 2. The molecule has 0 aromatic rings. The molecule has 0 radical (unpaired) electrons. The highest BCUT2D eigenvalue weighted by Crippen LogP contribution is 2.21. The van der Waals surface area contributed by atoms with Gasteiger partial charge in [-0.1, -0.05) is 149 Å². The molecule has 33 heavy (non-hydrogen) atoms. The van der Waals surface area contributed by atoms with Crippen molar-refractivity contribution in [1.82, 2.24) is 9.80 Å². The lowest BCUT2D eigenvalue weighted by atomic mass is 10.0. The second-order valence-electron chi connectivity index (χ2n) is 10.9. The third kappa shape index (κ3) is 17.4. The minimum absolute atomic E-state index is 0.622. The van der Waals surface area contributed by atoms with E-state index in [0.717, 1.165) is 0 Å². The Labute approximate surface area is 210 Å². The Bertz CT molecular complexity index is 419. The van der Waals surface area contributed by atoms with E-state index in [9.17, 15) is 0 Å². The first kappa shape index (κ1) is 30.4. The maximum atomic E-state index is 2.62. The molecule has 1 atom stereocenters. The summed E-state index contributed by atoms with van der Waals surface area (Å²) in [6.45, 7) is 5.86. The molecule has 2 heteroatoms. The lowest BCUT2D eigenvalue weighted by molar-refractivity contribution is 0.159. The lowest BCUT2D eigenvalue weighted by Crippen LogP contribution is -2.37. The molecule has 0 bridgehead atoms. The van der Waals surface area contributed by atoms with Crippen molar-refractivity contribution < 1.29 is 0 Å². The summed E-state index contributed by atoms with van der Waals surface area (Å²) in [6.07, 6.45) is 39.7. The molecule has 0 N–H and O–H groups in total. The first-order valence-electron chi connectivity index (χ1n) is 15.5. The fraction of sp³-hybridized carbons (Fsp3) is 0.935. The highest BCUT2D eigenvalue weighted by Gasteiger charge is 2.22. The lowest BCUT2D eigenvalue weighted by Gasteiger charge is -2.30. The Morgan fingerprint density at radius 2 is 0.818 bits per heavy atom. The summed E-state index contributed by atoms with van der Waals surface area (Å²) in [7, 11) is 2.27. The smallest absolute Gasteiger partial charge is 0.100 e. The molecule has 1 rings (SSSR count). The van der Waals surface area contributed by atoms with Crippen LogP contribution in [0.15, 0.2) is 12.4 Å². The normalized spacial score (nSPS) is 15.8. The summed E-state index contributed by atoms with van der Waals surface area (Å²) < 4.78 is 0. The molecule has 0 aromatic carbocycles. The minimum Gasteiger partial charge on any atom is -0.359 e. The number of rotatable bonds is 25. The van der Waals surface area contributed by atoms with Crippen LogP contribution >= 0.6 is 0 Å². The van der Waals surface area contributed by atoms with E-state index in [0.29, 0.717) is 6.17 Å². The molecule has 0 fully saturated rings. The Morgan fingerprint density at radius 1 is 0.455 bits per heavy atom. The van der Waals surface area contributed by atoms with E-state index in [4.69, 9.17) is 0 Å². The molecule has 0 saturated carbocycles. The summed E-state index contributed by atoms with van der Waals surface area (Å²) in [5, 5.41) is 0. The van der Waals surface area contributed by atoms with E-state index in [1.165, 1.54) is 161 Å². The predicted octanol–water partition coefficient (Wildman–Crippen LogP) is 10.4. The van der Waals surface area contributed by atoms with E-state index >= 15 is 0 Å². The second-order valence-corrected chi connectivity index (χ2v) is 10.9. The molecule has 1 heterocycles. The van der Waals surface area contributed by atoms with Crippen molar-refractivity contribution in [2.24, 2.45) is 0 Å². The minimum atomic E-state index is 0.622. The zero-order valence-electron chi connectivity index (χ0n) is 23.3. The van der Waals surface area contributed by atoms with Crippen molar-refractivity contribution in [2.75, 3.05) is 13.6 Å². The van der Waals surface area contributed by atoms with Crippen molar-refractivity contribution in [3.05, 3.63) is 12.4 Å². The Balaban J connectivity index is 1.92. The van der Waals surface area contributed by atoms with E-state index in [-0.39, 0.29) is 0 Å². The van der Waals surface area contributed by atoms with Gasteiger partial charge in [-0.3, -0.25) is 0 Å². The second kappa shape index (κ2) is 23.1. The molecule has 1 unspecified atom stereocenters. The van der Waals surface area contributed by atoms with E-state index < -0.39 is 0 Å². The van der Waals surface area contributed by atoms with Crippen LogP contribution < -0.4 is 0 Å². The predicted molar refractivity (Wildman–Crippen MR) is 150 cm³/mol. The summed E-state index contributed by atoms with van der Waals surface area (Å²) in [4.78, 5) is 5.06. The average molecular weight is 463 g/mol. The van der Waals surface area contributed by atoms with E-state index in [1.807, 2.05) is 0 Å². The van der Waals surface area contributed by atoms with Gasteiger partial charge in [0, 0.05) is 26.0 Å². The van der Waals surface area contributed by atoms with Crippen LogP contribution in [0.3, 0.4) is 0 Å². The van der Waals surface area contributed by atoms with Gasteiger partial charge < -0.3 is 9.80 Å². The van der Waals surface area contributed by atoms with Crippen LogP contribution in [0.2, 0.25) is 0 Å². The van der Waals surface area contributed by atoms with Crippen molar-refractivity contribution >= 4 is 0 Å². The SMILES string of the molecule is CCCCCCCCCCCCCCCC1N(C)C=CN1CCCCCCCCCCCC. The quantitative estimate of drug-likeness (QED) is 0.124. The summed E-state index contributed by atoms with van der Waals surface area (Å²) in [5.74, 6) is 0. The average Bonchev–Trinajstić information content (AvgIpc) is 3.17. The van der Waals surface area contributed by atoms with Crippen LogP contribution in [0.5, 0.6) is 0 Å². The van der Waals surface area contributed by atoms with Gasteiger partial charge in [0.1, 0.15) is 6.17 Å². The Kier molecular flexibility index (Phi) is 21.3. The zero-order chi connectivity index (χ0) is 23.8. The Morgan fingerprint density at radius 3 is 1.24 bits per heavy atom. The molecule has 0 aliphatic carbocycles. The Hall–Kier alpha value is -0.660. The monoisotopic (exact) mass is 462 g/mol. The van der Waals surface area contributed by atoms with Crippen molar-refractivity contribution in [3.8, 4) is 0 Å². The van der Waals surface area contributed by atoms with Crippen LogP contribution in [-0.2, 0) is 0 Å². The van der Waals surface area contributed by atoms with Crippen LogP contribution in [0, 0.1) is 0 Å². The van der Waals surface area contributed by atoms with Gasteiger partial charge in [0.25, 0.3) is 0 Å². The molecular formula is C31H62N2. The molecule has 1 aliphatic heterocycles. The first-order chi connectivity index (χ1) is 16.3. The summed E-state index contributed by atoms with van der Waals surface area (Å²) >= 11 is 0. The highest BCUT2D eigenvalue weighted by molar-refractivity contribution is 4.95. The molecule has 0 aromatic heterocycles. The molecule has 0 amide bonds. The maximum Gasteiger partial charge on any atom is 0.100 e.